The minimum Gasteiger partial charge on any atom is -0.455 e. The van der Waals surface area contributed by atoms with Crippen LogP contribution in [0.3, 0.4) is 0 Å². The zero-order chi connectivity index (χ0) is 31.6. The van der Waals surface area contributed by atoms with Crippen molar-refractivity contribution in [3.63, 3.8) is 0 Å². The standard InChI is InChI=1S/C43H25N3O2/c1-3-12-27(13-4-1)41-44-42(28-14-5-2-6-15-28)46-43(45-41)29-24-22-26(23-25-29)30-19-11-20-34-36-31-16-7-8-17-32(31)39-37(40(36)48-38(30)34)33-18-9-10-21-35(33)47-39/h1-25H. The molecule has 10 rings (SSSR count). The third-order valence-electron chi connectivity index (χ3n) is 9.13. The number of para-hydroxylation sites is 2. The molecule has 0 aliphatic rings. The highest BCUT2D eigenvalue weighted by Crippen LogP contribution is 2.46. The van der Waals surface area contributed by atoms with Gasteiger partial charge in [-0.05, 0) is 17.0 Å². The van der Waals surface area contributed by atoms with E-state index in [2.05, 4.69) is 72.8 Å². The Labute approximate surface area is 274 Å². The first-order valence-corrected chi connectivity index (χ1v) is 15.9. The predicted molar refractivity (Wildman–Crippen MR) is 194 cm³/mol. The molecule has 5 heteroatoms. The fourth-order valence-corrected chi connectivity index (χ4v) is 6.89. The Morgan fingerprint density at radius 2 is 0.833 bits per heavy atom. The summed E-state index contributed by atoms with van der Waals surface area (Å²) in [7, 11) is 0. The lowest BCUT2D eigenvalue weighted by Gasteiger charge is -2.09. The van der Waals surface area contributed by atoms with E-state index < -0.39 is 0 Å². The maximum absolute atomic E-state index is 6.88. The summed E-state index contributed by atoms with van der Waals surface area (Å²) in [6.07, 6.45) is 0. The fraction of sp³-hybridized carbons (Fsp3) is 0. The monoisotopic (exact) mass is 615 g/mol. The SMILES string of the molecule is c1ccc(-c2nc(-c3ccccc3)nc(-c3ccc(-c4cccc5c4oc4c5c5ccccc5c5oc6ccccc6c54)cc3)n2)cc1. The molecule has 224 valence electrons. The van der Waals surface area contributed by atoms with Gasteiger partial charge in [-0.3, -0.25) is 0 Å². The van der Waals surface area contributed by atoms with E-state index in [1.54, 1.807) is 0 Å². The second kappa shape index (κ2) is 10.5. The molecule has 0 spiro atoms. The number of fused-ring (bicyclic) bond motifs is 10. The number of nitrogens with zero attached hydrogens (tertiary/aromatic N) is 3. The van der Waals surface area contributed by atoms with Crippen LogP contribution in [-0.2, 0) is 0 Å². The largest absolute Gasteiger partial charge is 0.455 e. The van der Waals surface area contributed by atoms with E-state index in [-0.39, 0.29) is 0 Å². The molecule has 48 heavy (non-hydrogen) atoms. The number of aromatic nitrogens is 3. The molecular weight excluding hydrogens is 590 g/mol. The molecule has 0 aliphatic carbocycles. The Hall–Kier alpha value is -6.59. The van der Waals surface area contributed by atoms with Gasteiger partial charge in [0, 0.05) is 43.8 Å². The van der Waals surface area contributed by atoms with Crippen molar-refractivity contribution in [2.75, 3.05) is 0 Å². The van der Waals surface area contributed by atoms with Gasteiger partial charge >= 0.3 is 0 Å². The highest BCUT2D eigenvalue weighted by molar-refractivity contribution is 6.34. The quantitative estimate of drug-likeness (QED) is 0.197. The van der Waals surface area contributed by atoms with Crippen LogP contribution in [0.2, 0.25) is 0 Å². The van der Waals surface area contributed by atoms with Crippen LogP contribution in [0.25, 0.3) is 99.9 Å². The van der Waals surface area contributed by atoms with Gasteiger partial charge in [-0.25, -0.2) is 15.0 Å². The van der Waals surface area contributed by atoms with E-state index in [0.717, 1.165) is 82.5 Å². The molecule has 7 aromatic carbocycles. The molecule has 3 heterocycles. The minimum atomic E-state index is 0.622. The Balaban J connectivity index is 1.15. The van der Waals surface area contributed by atoms with Crippen LogP contribution in [0.4, 0.5) is 0 Å². The first-order chi connectivity index (χ1) is 23.8. The maximum Gasteiger partial charge on any atom is 0.164 e. The van der Waals surface area contributed by atoms with Gasteiger partial charge in [0.15, 0.2) is 17.5 Å². The highest BCUT2D eigenvalue weighted by Gasteiger charge is 2.22. The second-order valence-electron chi connectivity index (χ2n) is 12.0. The summed E-state index contributed by atoms with van der Waals surface area (Å²) in [5, 5.41) is 6.43. The molecule has 0 bridgehead atoms. The molecule has 0 atom stereocenters. The lowest BCUT2D eigenvalue weighted by molar-refractivity contribution is 0.666. The summed E-state index contributed by atoms with van der Waals surface area (Å²) in [6.45, 7) is 0. The first kappa shape index (κ1) is 26.6. The van der Waals surface area contributed by atoms with Crippen LogP contribution in [0, 0.1) is 0 Å². The van der Waals surface area contributed by atoms with Crippen LogP contribution in [0.15, 0.2) is 160 Å². The van der Waals surface area contributed by atoms with Crippen molar-refractivity contribution in [2.45, 2.75) is 0 Å². The van der Waals surface area contributed by atoms with Crippen molar-refractivity contribution in [1.29, 1.82) is 0 Å². The highest BCUT2D eigenvalue weighted by atomic mass is 16.3. The summed E-state index contributed by atoms with van der Waals surface area (Å²) in [5.41, 5.74) is 8.26. The molecule has 0 saturated heterocycles. The molecule has 0 N–H and O–H groups in total. The second-order valence-corrected chi connectivity index (χ2v) is 12.0. The van der Waals surface area contributed by atoms with E-state index in [4.69, 9.17) is 23.8 Å². The van der Waals surface area contributed by atoms with Crippen LogP contribution in [0.1, 0.15) is 0 Å². The average Bonchev–Trinajstić information content (AvgIpc) is 3.75. The van der Waals surface area contributed by atoms with Crippen molar-refractivity contribution in [3.05, 3.63) is 152 Å². The van der Waals surface area contributed by atoms with Crippen molar-refractivity contribution < 1.29 is 8.83 Å². The van der Waals surface area contributed by atoms with Gasteiger partial charge in [0.05, 0.1) is 5.39 Å². The number of benzene rings is 7. The van der Waals surface area contributed by atoms with Crippen molar-refractivity contribution >= 4 is 54.6 Å². The topological polar surface area (TPSA) is 65.0 Å². The van der Waals surface area contributed by atoms with Gasteiger partial charge in [0.1, 0.15) is 22.3 Å². The summed E-state index contributed by atoms with van der Waals surface area (Å²) >= 11 is 0. The van der Waals surface area contributed by atoms with Crippen molar-refractivity contribution in [2.24, 2.45) is 0 Å². The molecule has 0 fully saturated rings. The first-order valence-electron chi connectivity index (χ1n) is 15.9. The van der Waals surface area contributed by atoms with E-state index in [0.29, 0.717) is 17.5 Å². The third kappa shape index (κ3) is 4.08. The van der Waals surface area contributed by atoms with Crippen molar-refractivity contribution in [1.82, 2.24) is 15.0 Å². The van der Waals surface area contributed by atoms with Gasteiger partial charge in [-0.15, -0.1) is 0 Å². The van der Waals surface area contributed by atoms with E-state index in [1.807, 2.05) is 78.9 Å². The normalized spacial score (nSPS) is 11.8. The third-order valence-corrected chi connectivity index (χ3v) is 9.13. The summed E-state index contributed by atoms with van der Waals surface area (Å²) in [5.74, 6) is 1.90. The molecule has 0 aliphatic heterocycles. The van der Waals surface area contributed by atoms with Gasteiger partial charge in [0.25, 0.3) is 0 Å². The van der Waals surface area contributed by atoms with E-state index >= 15 is 0 Å². The molecule has 0 amide bonds. The lowest BCUT2D eigenvalue weighted by Crippen LogP contribution is -2.00. The molecule has 5 nitrogen and oxygen atoms in total. The Bertz CT molecular complexity index is 2760. The van der Waals surface area contributed by atoms with Crippen LogP contribution < -0.4 is 0 Å². The Morgan fingerprint density at radius 3 is 1.50 bits per heavy atom. The zero-order valence-electron chi connectivity index (χ0n) is 25.6. The summed E-state index contributed by atoms with van der Waals surface area (Å²) < 4.78 is 13.3. The number of furan rings is 2. The Morgan fingerprint density at radius 1 is 0.312 bits per heavy atom. The van der Waals surface area contributed by atoms with E-state index in [9.17, 15) is 0 Å². The number of hydrogen-bond acceptors (Lipinski definition) is 5. The smallest absolute Gasteiger partial charge is 0.164 e. The van der Waals surface area contributed by atoms with E-state index in [1.165, 1.54) is 0 Å². The minimum absolute atomic E-state index is 0.622. The van der Waals surface area contributed by atoms with Crippen molar-refractivity contribution in [3.8, 4) is 45.3 Å². The van der Waals surface area contributed by atoms with Crippen LogP contribution >= 0.6 is 0 Å². The van der Waals surface area contributed by atoms with Crippen LogP contribution in [0.5, 0.6) is 0 Å². The Kier molecular flexibility index (Phi) is 5.81. The van der Waals surface area contributed by atoms with Gasteiger partial charge in [-0.1, -0.05) is 146 Å². The summed E-state index contributed by atoms with van der Waals surface area (Å²) in [4.78, 5) is 14.7. The zero-order valence-corrected chi connectivity index (χ0v) is 25.6. The molecular formula is C43H25N3O2. The number of rotatable bonds is 4. The molecule has 10 aromatic rings. The molecule has 0 saturated carbocycles. The average molecular weight is 616 g/mol. The fourth-order valence-electron chi connectivity index (χ4n) is 6.89. The predicted octanol–water partition coefficient (Wildman–Crippen LogP) is 11.5. The van der Waals surface area contributed by atoms with Crippen LogP contribution in [-0.4, -0.2) is 15.0 Å². The lowest BCUT2D eigenvalue weighted by atomic mass is 9.97. The van der Waals surface area contributed by atoms with Gasteiger partial charge < -0.3 is 8.83 Å². The maximum atomic E-state index is 6.88. The molecule has 3 aromatic heterocycles. The van der Waals surface area contributed by atoms with Gasteiger partial charge in [-0.2, -0.15) is 0 Å². The molecule has 0 unspecified atom stereocenters. The summed E-state index contributed by atoms with van der Waals surface area (Å²) in [6, 6.07) is 51.4. The number of hydrogen-bond donors (Lipinski definition) is 0. The molecule has 0 radical (unpaired) electrons. The van der Waals surface area contributed by atoms with Gasteiger partial charge in [0.2, 0.25) is 0 Å².